The molecule has 0 aliphatic carbocycles. The summed E-state index contributed by atoms with van der Waals surface area (Å²) in [5.74, 6) is -0.861. The fourth-order valence-electron chi connectivity index (χ4n) is 9.08. The van der Waals surface area contributed by atoms with Gasteiger partial charge in [-0.2, -0.15) is 0 Å². The van der Waals surface area contributed by atoms with E-state index in [1.54, 1.807) is 0 Å². The van der Waals surface area contributed by atoms with Gasteiger partial charge in [0.25, 0.3) is 0 Å². The first kappa shape index (κ1) is 65.9. The Bertz CT molecular complexity index is 1100. The lowest BCUT2D eigenvalue weighted by atomic mass is 10.0. The molecule has 0 amide bonds. The fourth-order valence-corrected chi connectivity index (χ4v) is 9.08. The van der Waals surface area contributed by atoms with E-state index in [9.17, 15) is 14.4 Å². The SMILES string of the molecule is CCCCCCCC/C=C\CCCCCCCCCCCC(=O)OC(COC(=O)CCCCCCCC)COC(=O)CCCCCCCCCCCCCCC/C=C\CCCCCCCCCC. The fraction of sp³-hybridized carbons (Fsp3) is 0.887. The van der Waals surface area contributed by atoms with E-state index in [1.807, 2.05) is 0 Å². The highest BCUT2D eigenvalue weighted by Gasteiger charge is 2.19. The zero-order valence-corrected chi connectivity index (χ0v) is 45.9. The summed E-state index contributed by atoms with van der Waals surface area (Å²) >= 11 is 0. The van der Waals surface area contributed by atoms with Crippen molar-refractivity contribution in [3.8, 4) is 0 Å². The summed E-state index contributed by atoms with van der Waals surface area (Å²) in [5, 5.41) is 0. The van der Waals surface area contributed by atoms with Gasteiger partial charge >= 0.3 is 17.9 Å². The van der Waals surface area contributed by atoms with Crippen molar-refractivity contribution in [1.29, 1.82) is 0 Å². The molecule has 0 saturated carbocycles. The van der Waals surface area contributed by atoms with Crippen molar-refractivity contribution in [3.63, 3.8) is 0 Å². The van der Waals surface area contributed by atoms with Crippen LogP contribution in [0.25, 0.3) is 0 Å². The molecule has 6 heteroatoms. The van der Waals surface area contributed by atoms with Gasteiger partial charge in [0.1, 0.15) is 13.2 Å². The quantitative estimate of drug-likeness (QED) is 0.0262. The number of rotatable bonds is 56. The van der Waals surface area contributed by atoms with Gasteiger partial charge in [0.15, 0.2) is 6.10 Å². The summed E-state index contributed by atoms with van der Waals surface area (Å²) in [4.78, 5) is 37.9. The van der Waals surface area contributed by atoms with Crippen molar-refractivity contribution in [1.82, 2.24) is 0 Å². The number of carbonyl (C=O) groups excluding carboxylic acids is 3. The van der Waals surface area contributed by atoms with E-state index >= 15 is 0 Å². The Labute approximate surface area is 423 Å². The predicted octanol–water partition coefficient (Wildman–Crippen LogP) is 20.3. The third-order valence-corrected chi connectivity index (χ3v) is 13.7. The molecule has 0 spiro atoms. The van der Waals surface area contributed by atoms with E-state index in [4.69, 9.17) is 14.2 Å². The minimum absolute atomic E-state index is 0.0683. The molecule has 0 bridgehead atoms. The van der Waals surface area contributed by atoms with Crippen LogP contribution in [-0.2, 0) is 28.6 Å². The lowest BCUT2D eigenvalue weighted by molar-refractivity contribution is -0.167. The van der Waals surface area contributed by atoms with Gasteiger partial charge in [-0.15, -0.1) is 0 Å². The molecule has 0 N–H and O–H groups in total. The first-order chi connectivity index (χ1) is 33.5. The summed E-state index contributed by atoms with van der Waals surface area (Å²) in [6.45, 7) is 6.62. The van der Waals surface area contributed by atoms with Gasteiger partial charge in [0.2, 0.25) is 0 Å². The van der Waals surface area contributed by atoms with E-state index in [-0.39, 0.29) is 31.1 Å². The van der Waals surface area contributed by atoms with E-state index in [1.165, 1.54) is 238 Å². The highest BCUT2D eigenvalue weighted by atomic mass is 16.6. The highest BCUT2D eigenvalue weighted by Crippen LogP contribution is 2.17. The molecule has 0 fully saturated rings. The lowest BCUT2D eigenvalue weighted by Gasteiger charge is -2.18. The molecule has 0 rings (SSSR count). The zero-order chi connectivity index (χ0) is 49.3. The van der Waals surface area contributed by atoms with Gasteiger partial charge in [0.05, 0.1) is 0 Å². The predicted molar refractivity (Wildman–Crippen MR) is 293 cm³/mol. The van der Waals surface area contributed by atoms with Crippen LogP contribution < -0.4 is 0 Å². The minimum Gasteiger partial charge on any atom is -0.462 e. The lowest BCUT2D eigenvalue weighted by Crippen LogP contribution is -2.30. The number of hydrogen-bond acceptors (Lipinski definition) is 6. The maximum absolute atomic E-state index is 12.8. The van der Waals surface area contributed by atoms with Crippen LogP contribution in [0.15, 0.2) is 24.3 Å². The van der Waals surface area contributed by atoms with Crippen molar-refractivity contribution in [3.05, 3.63) is 24.3 Å². The second-order valence-corrected chi connectivity index (χ2v) is 20.6. The molecule has 0 aromatic heterocycles. The molecule has 0 aromatic rings. The molecule has 0 aliphatic heterocycles. The van der Waals surface area contributed by atoms with Gasteiger partial charge < -0.3 is 14.2 Å². The first-order valence-corrected chi connectivity index (χ1v) is 30.3. The maximum Gasteiger partial charge on any atom is 0.306 e. The number of esters is 3. The third-order valence-electron chi connectivity index (χ3n) is 13.7. The number of carbonyl (C=O) groups is 3. The van der Waals surface area contributed by atoms with Crippen LogP contribution in [0, 0.1) is 0 Å². The molecule has 0 radical (unpaired) electrons. The van der Waals surface area contributed by atoms with Crippen LogP contribution in [0.3, 0.4) is 0 Å². The van der Waals surface area contributed by atoms with Crippen LogP contribution in [0.4, 0.5) is 0 Å². The van der Waals surface area contributed by atoms with Crippen LogP contribution in [0.1, 0.15) is 335 Å². The van der Waals surface area contributed by atoms with Crippen molar-refractivity contribution < 1.29 is 28.6 Å². The monoisotopic (exact) mass is 957 g/mol. The number of hydrogen-bond donors (Lipinski definition) is 0. The molecule has 0 saturated heterocycles. The number of unbranched alkanes of at least 4 members (excludes halogenated alkanes) is 41. The molecule has 400 valence electrons. The van der Waals surface area contributed by atoms with Crippen LogP contribution in [0.2, 0.25) is 0 Å². The maximum atomic E-state index is 12.8. The smallest absolute Gasteiger partial charge is 0.306 e. The van der Waals surface area contributed by atoms with E-state index in [0.29, 0.717) is 19.3 Å². The number of ether oxygens (including phenoxy) is 3. The summed E-state index contributed by atoms with van der Waals surface area (Å²) in [7, 11) is 0. The number of allylic oxidation sites excluding steroid dienone is 4. The third kappa shape index (κ3) is 54.8. The molecular formula is C62H116O6. The van der Waals surface area contributed by atoms with Gasteiger partial charge in [-0.3, -0.25) is 14.4 Å². The van der Waals surface area contributed by atoms with Gasteiger partial charge in [0, 0.05) is 19.3 Å². The Kier molecular flexibility index (Phi) is 55.7. The molecule has 6 nitrogen and oxygen atoms in total. The van der Waals surface area contributed by atoms with Crippen LogP contribution >= 0.6 is 0 Å². The summed E-state index contributed by atoms with van der Waals surface area (Å²) in [6.07, 6.45) is 67.9. The van der Waals surface area contributed by atoms with Crippen molar-refractivity contribution >= 4 is 17.9 Å². The highest BCUT2D eigenvalue weighted by molar-refractivity contribution is 5.71. The summed E-state index contributed by atoms with van der Waals surface area (Å²) in [5.41, 5.74) is 0. The Morgan fingerprint density at radius 3 is 0.735 bits per heavy atom. The second kappa shape index (κ2) is 57.5. The Balaban J connectivity index is 4.06. The molecule has 0 aromatic carbocycles. The van der Waals surface area contributed by atoms with Crippen molar-refractivity contribution in [2.45, 2.75) is 341 Å². The van der Waals surface area contributed by atoms with E-state index in [0.717, 1.165) is 57.8 Å². The molecular weight excluding hydrogens is 841 g/mol. The standard InChI is InChI=1S/C62H116O6/c1-4-7-10-13-16-18-20-22-24-26-28-29-30-31-32-33-35-36-38-40-42-44-46-49-52-55-61(64)67-58-59(57-66-60(63)54-51-48-15-12-9-6-3)68-62(65)56-53-50-47-45-43-41-39-37-34-27-25-23-21-19-17-14-11-8-5-2/h23,25-26,28,59H,4-22,24,27,29-58H2,1-3H3/b25-23-,28-26-. The van der Waals surface area contributed by atoms with Gasteiger partial charge in [-0.1, -0.05) is 270 Å². The normalized spacial score (nSPS) is 12.1. The van der Waals surface area contributed by atoms with Crippen LogP contribution in [-0.4, -0.2) is 37.2 Å². The Morgan fingerprint density at radius 1 is 0.279 bits per heavy atom. The zero-order valence-electron chi connectivity index (χ0n) is 45.9. The van der Waals surface area contributed by atoms with Crippen molar-refractivity contribution in [2.75, 3.05) is 13.2 Å². The van der Waals surface area contributed by atoms with E-state index in [2.05, 4.69) is 45.1 Å². The Hall–Kier alpha value is -2.11. The average molecular weight is 958 g/mol. The second-order valence-electron chi connectivity index (χ2n) is 20.6. The van der Waals surface area contributed by atoms with Crippen molar-refractivity contribution in [2.24, 2.45) is 0 Å². The topological polar surface area (TPSA) is 78.9 Å². The molecule has 1 unspecified atom stereocenters. The minimum atomic E-state index is -0.766. The molecule has 0 heterocycles. The summed E-state index contributed by atoms with van der Waals surface area (Å²) < 4.78 is 16.8. The average Bonchev–Trinajstić information content (AvgIpc) is 3.34. The van der Waals surface area contributed by atoms with E-state index < -0.39 is 6.10 Å². The largest absolute Gasteiger partial charge is 0.462 e. The molecule has 1 atom stereocenters. The van der Waals surface area contributed by atoms with Crippen LogP contribution in [0.5, 0.6) is 0 Å². The first-order valence-electron chi connectivity index (χ1n) is 30.3. The van der Waals surface area contributed by atoms with Gasteiger partial charge in [-0.25, -0.2) is 0 Å². The Morgan fingerprint density at radius 2 is 0.485 bits per heavy atom. The summed E-state index contributed by atoms with van der Waals surface area (Å²) in [6, 6.07) is 0. The van der Waals surface area contributed by atoms with Gasteiger partial charge in [-0.05, 0) is 70.6 Å². The molecule has 0 aliphatic rings. The molecule has 68 heavy (non-hydrogen) atoms.